The fraction of sp³-hybridized carbons (Fsp3) is 0.318. The molecule has 9 nitrogen and oxygen atoms in total. The highest BCUT2D eigenvalue weighted by Crippen LogP contribution is 2.37. The van der Waals surface area contributed by atoms with Crippen molar-refractivity contribution in [3.05, 3.63) is 40.7 Å². The number of nitrogens with zero attached hydrogens (tertiary/aromatic N) is 2. The number of aryl methyl sites for hydroxylation is 1. The van der Waals surface area contributed by atoms with E-state index in [1.807, 2.05) is 16.7 Å². The third-order valence-electron chi connectivity index (χ3n) is 4.86. The Morgan fingerprint density at radius 1 is 1.12 bits per heavy atom. The summed E-state index contributed by atoms with van der Waals surface area (Å²) in [5.41, 5.74) is 1.09. The van der Waals surface area contributed by atoms with Crippen molar-refractivity contribution < 1.29 is 33.3 Å². The predicted molar refractivity (Wildman–Crippen MR) is 117 cm³/mol. The molecule has 0 radical (unpaired) electrons. The minimum Gasteiger partial charge on any atom is -0.497 e. The summed E-state index contributed by atoms with van der Waals surface area (Å²) in [6.45, 7) is 2.51. The lowest BCUT2D eigenvalue weighted by Crippen LogP contribution is -2.19. The molecule has 0 atom stereocenters. The third-order valence-corrected chi connectivity index (χ3v) is 5.90. The van der Waals surface area contributed by atoms with Gasteiger partial charge in [0.2, 0.25) is 6.79 Å². The first kappa shape index (κ1) is 21.7. The minimum atomic E-state index is -0.471. The Kier molecular flexibility index (Phi) is 6.31. The Labute approximate surface area is 187 Å². The number of thiazole rings is 1. The van der Waals surface area contributed by atoms with Gasteiger partial charge in [-0.3, -0.25) is 9.59 Å². The van der Waals surface area contributed by atoms with E-state index in [1.165, 1.54) is 25.6 Å². The van der Waals surface area contributed by atoms with Crippen LogP contribution in [0.2, 0.25) is 0 Å². The van der Waals surface area contributed by atoms with Crippen LogP contribution in [0.1, 0.15) is 23.7 Å². The van der Waals surface area contributed by atoms with Crippen molar-refractivity contribution in [2.24, 2.45) is 4.99 Å². The van der Waals surface area contributed by atoms with Gasteiger partial charge in [-0.2, -0.15) is 4.99 Å². The Morgan fingerprint density at radius 2 is 1.91 bits per heavy atom. The number of fused-ring (bicyclic) bond motifs is 2. The number of carbonyl (C=O) groups is 2. The fourth-order valence-corrected chi connectivity index (χ4v) is 4.38. The molecule has 3 aromatic rings. The second kappa shape index (κ2) is 9.31. The van der Waals surface area contributed by atoms with Gasteiger partial charge in [-0.05, 0) is 19.1 Å². The van der Waals surface area contributed by atoms with Crippen LogP contribution in [-0.2, 0) is 16.1 Å². The van der Waals surface area contributed by atoms with Gasteiger partial charge < -0.3 is 28.3 Å². The summed E-state index contributed by atoms with van der Waals surface area (Å²) in [5, 5.41) is 0. The van der Waals surface area contributed by atoms with Crippen molar-refractivity contribution in [1.29, 1.82) is 0 Å². The number of benzene rings is 2. The highest BCUT2D eigenvalue weighted by molar-refractivity contribution is 7.16. The average Bonchev–Trinajstić information content (AvgIpc) is 3.38. The molecule has 0 fully saturated rings. The van der Waals surface area contributed by atoms with Gasteiger partial charge in [0.1, 0.15) is 11.5 Å². The molecule has 1 amide bonds. The van der Waals surface area contributed by atoms with Gasteiger partial charge in [0.25, 0.3) is 5.91 Å². The number of amides is 1. The molecular weight excluding hydrogens is 436 g/mol. The molecule has 1 aromatic heterocycles. The molecular formula is C22H22N2O7S. The third kappa shape index (κ3) is 4.26. The van der Waals surface area contributed by atoms with E-state index in [0.717, 1.165) is 10.2 Å². The van der Waals surface area contributed by atoms with Gasteiger partial charge >= 0.3 is 5.97 Å². The number of hydrogen-bond donors (Lipinski definition) is 0. The largest absolute Gasteiger partial charge is 0.497 e. The number of carbonyl (C=O) groups excluding carboxylic acids is 2. The molecule has 0 bridgehead atoms. The summed E-state index contributed by atoms with van der Waals surface area (Å²) in [5.74, 6) is 1.37. The van der Waals surface area contributed by atoms with Crippen LogP contribution in [0.4, 0.5) is 0 Å². The predicted octanol–water partition coefficient (Wildman–Crippen LogP) is 3.14. The van der Waals surface area contributed by atoms with Gasteiger partial charge in [-0.15, -0.1) is 0 Å². The van der Waals surface area contributed by atoms with Gasteiger partial charge in [0.05, 0.1) is 43.0 Å². The number of hydrogen-bond acceptors (Lipinski definition) is 8. The van der Waals surface area contributed by atoms with Gasteiger partial charge in [0, 0.05) is 24.7 Å². The highest BCUT2D eigenvalue weighted by Gasteiger charge is 2.19. The minimum absolute atomic E-state index is 0.140. The van der Waals surface area contributed by atoms with Crippen molar-refractivity contribution in [1.82, 2.24) is 4.57 Å². The zero-order chi connectivity index (χ0) is 22.7. The van der Waals surface area contributed by atoms with Crippen LogP contribution in [0.15, 0.2) is 35.3 Å². The molecule has 2 aromatic carbocycles. The number of esters is 1. The molecule has 2 heterocycles. The first-order valence-electron chi connectivity index (χ1n) is 9.93. The first-order chi connectivity index (χ1) is 15.5. The normalized spacial score (nSPS) is 12.8. The summed E-state index contributed by atoms with van der Waals surface area (Å²) in [7, 11) is 3.02. The van der Waals surface area contributed by atoms with Gasteiger partial charge in [0.15, 0.2) is 16.3 Å². The monoisotopic (exact) mass is 458 g/mol. The first-order valence-corrected chi connectivity index (χ1v) is 10.8. The van der Waals surface area contributed by atoms with Crippen LogP contribution < -0.4 is 23.7 Å². The standard InChI is InChI=1S/C22H22N2O7S/c1-4-29-20(25)7-8-24-15-10-17-18(31-12-30-17)11-19(15)32-22(24)23-21(26)14-6-5-13(27-2)9-16(14)28-3/h5-6,9-11H,4,7-8,12H2,1-3H3. The Hall–Kier alpha value is -3.53. The molecule has 168 valence electrons. The number of methoxy groups -OCH3 is 2. The van der Waals surface area contributed by atoms with E-state index in [-0.39, 0.29) is 19.2 Å². The number of ether oxygens (including phenoxy) is 5. The Balaban J connectivity index is 1.78. The van der Waals surface area contributed by atoms with E-state index in [9.17, 15) is 9.59 Å². The van der Waals surface area contributed by atoms with E-state index in [0.29, 0.717) is 46.5 Å². The molecule has 0 N–H and O–H groups in total. The zero-order valence-corrected chi connectivity index (χ0v) is 18.7. The second-order valence-corrected chi connectivity index (χ2v) is 7.76. The molecule has 0 saturated carbocycles. The molecule has 1 aliphatic heterocycles. The van der Waals surface area contributed by atoms with Crippen LogP contribution in [0.5, 0.6) is 23.0 Å². The van der Waals surface area contributed by atoms with Gasteiger partial charge in [-0.25, -0.2) is 0 Å². The molecule has 0 spiro atoms. The van der Waals surface area contributed by atoms with Crippen molar-refractivity contribution >= 4 is 33.4 Å². The van der Waals surface area contributed by atoms with E-state index in [4.69, 9.17) is 23.7 Å². The van der Waals surface area contributed by atoms with E-state index in [2.05, 4.69) is 4.99 Å². The lowest BCUT2D eigenvalue weighted by atomic mass is 10.2. The second-order valence-electron chi connectivity index (χ2n) is 6.75. The highest BCUT2D eigenvalue weighted by atomic mass is 32.1. The van der Waals surface area contributed by atoms with Crippen LogP contribution in [0, 0.1) is 0 Å². The van der Waals surface area contributed by atoms with E-state index < -0.39 is 5.91 Å². The van der Waals surface area contributed by atoms with Crippen LogP contribution in [0.3, 0.4) is 0 Å². The molecule has 32 heavy (non-hydrogen) atoms. The quantitative estimate of drug-likeness (QED) is 0.502. The topological polar surface area (TPSA) is 97.6 Å². The molecule has 4 rings (SSSR count). The van der Waals surface area contributed by atoms with Crippen LogP contribution in [0.25, 0.3) is 10.2 Å². The maximum atomic E-state index is 13.0. The van der Waals surface area contributed by atoms with Crippen LogP contribution >= 0.6 is 11.3 Å². The van der Waals surface area contributed by atoms with E-state index in [1.54, 1.807) is 25.1 Å². The average molecular weight is 458 g/mol. The van der Waals surface area contributed by atoms with Crippen LogP contribution in [-0.4, -0.2) is 44.1 Å². The maximum absolute atomic E-state index is 13.0. The summed E-state index contributed by atoms with van der Waals surface area (Å²) in [4.78, 5) is 29.8. The Morgan fingerprint density at radius 3 is 2.62 bits per heavy atom. The van der Waals surface area contributed by atoms with Crippen molar-refractivity contribution in [2.75, 3.05) is 27.6 Å². The van der Waals surface area contributed by atoms with Crippen molar-refractivity contribution in [2.45, 2.75) is 19.9 Å². The molecule has 0 aliphatic carbocycles. The smallest absolute Gasteiger partial charge is 0.307 e. The Bertz CT molecular complexity index is 1250. The summed E-state index contributed by atoms with van der Waals surface area (Å²) >= 11 is 1.32. The molecule has 0 unspecified atom stereocenters. The maximum Gasteiger partial charge on any atom is 0.307 e. The zero-order valence-electron chi connectivity index (χ0n) is 17.9. The lowest BCUT2D eigenvalue weighted by molar-refractivity contribution is -0.143. The summed E-state index contributed by atoms with van der Waals surface area (Å²) in [6, 6.07) is 8.58. The molecule has 0 saturated heterocycles. The number of aromatic nitrogens is 1. The molecule has 1 aliphatic rings. The molecule has 10 heteroatoms. The fourth-order valence-electron chi connectivity index (χ4n) is 3.32. The summed E-state index contributed by atoms with van der Waals surface area (Å²) in [6.07, 6.45) is 0.140. The number of rotatable bonds is 7. The lowest BCUT2D eigenvalue weighted by Gasteiger charge is -2.08. The summed E-state index contributed by atoms with van der Waals surface area (Å²) < 4.78 is 29.2. The van der Waals surface area contributed by atoms with E-state index >= 15 is 0 Å². The van der Waals surface area contributed by atoms with Crippen molar-refractivity contribution in [3.8, 4) is 23.0 Å². The van der Waals surface area contributed by atoms with Crippen molar-refractivity contribution in [3.63, 3.8) is 0 Å². The van der Waals surface area contributed by atoms with Gasteiger partial charge in [-0.1, -0.05) is 11.3 Å². The SMILES string of the molecule is CCOC(=O)CCn1c(=NC(=O)c2ccc(OC)cc2OC)sc2cc3c(cc21)OCO3.